The molecule has 7 nitrogen and oxygen atoms in total. The third kappa shape index (κ3) is 4.03. The zero-order valence-electron chi connectivity index (χ0n) is 10.1. The molecule has 1 aliphatic heterocycles. The number of rotatable bonds is 5. The van der Waals surface area contributed by atoms with Crippen LogP contribution in [0.25, 0.3) is 0 Å². The second kappa shape index (κ2) is 6.19. The van der Waals surface area contributed by atoms with Gasteiger partial charge < -0.3 is 10.1 Å². The van der Waals surface area contributed by atoms with Crippen LogP contribution in [0.5, 0.6) is 0 Å². The number of carbonyl (C=O) groups excluding carboxylic acids is 3. The summed E-state index contributed by atoms with van der Waals surface area (Å²) < 4.78 is 4.76. The van der Waals surface area contributed by atoms with E-state index in [0.29, 0.717) is 19.7 Å². The average molecular weight is 243 g/mol. The van der Waals surface area contributed by atoms with Gasteiger partial charge in [-0.3, -0.25) is 19.4 Å². The van der Waals surface area contributed by atoms with Gasteiger partial charge in [0.25, 0.3) is 0 Å². The molecule has 1 heterocycles. The fraction of sp³-hybridized carbons (Fsp3) is 0.700. The summed E-state index contributed by atoms with van der Waals surface area (Å²) in [5.41, 5.74) is 0. The fourth-order valence-electron chi connectivity index (χ4n) is 1.51. The van der Waals surface area contributed by atoms with E-state index in [9.17, 15) is 14.4 Å². The van der Waals surface area contributed by atoms with Gasteiger partial charge in [0.2, 0.25) is 5.91 Å². The number of esters is 1. The quantitative estimate of drug-likeness (QED) is 0.629. The number of hydrogen-bond acceptors (Lipinski definition) is 5. The van der Waals surface area contributed by atoms with Gasteiger partial charge in [0.05, 0.1) is 19.7 Å². The smallest absolute Gasteiger partial charge is 0.324 e. The molecule has 0 bridgehead atoms. The summed E-state index contributed by atoms with van der Waals surface area (Å²) >= 11 is 0. The van der Waals surface area contributed by atoms with Gasteiger partial charge in [-0.1, -0.05) is 0 Å². The Morgan fingerprint density at radius 1 is 1.47 bits per heavy atom. The van der Waals surface area contributed by atoms with Gasteiger partial charge in [0, 0.05) is 13.1 Å². The van der Waals surface area contributed by atoms with Crippen LogP contribution in [0.15, 0.2) is 0 Å². The fourth-order valence-corrected chi connectivity index (χ4v) is 1.51. The minimum Gasteiger partial charge on any atom is -0.465 e. The SMILES string of the molecule is CCOC(=O)CN(C)CC(=O)N1CCNC1=O. The third-order valence-corrected chi connectivity index (χ3v) is 2.27. The Hall–Kier alpha value is -1.63. The molecule has 1 saturated heterocycles. The zero-order valence-corrected chi connectivity index (χ0v) is 10.1. The Morgan fingerprint density at radius 3 is 2.71 bits per heavy atom. The highest BCUT2D eigenvalue weighted by Crippen LogP contribution is 1.99. The second-order valence-electron chi connectivity index (χ2n) is 3.75. The first-order chi connectivity index (χ1) is 8.04. The number of amides is 3. The first-order valence-corrected chi connectivity index (χ1v) is 5.47. The molecule has 17 heavy (non-hydrogen) atoms. The van der Waals surface area contributed by atoms with Crippen LogP contribution >= 0.6 is 0 Å². The van der Waals surface area contributed by atoms with Crippen LogP contribution in [0.4, 0.5) is 4.79 Å². The largest absolute Gasteiger partial charge is 0.465 e. The summed E-state index contributed by atoms with van der Waals surface area (Å²) in [5, 5.41) is 2.54. The summed E-state index contributed by atoms with van der Waals surface area (Å²) in [6, 6.07) is -0.375. The van der Waals surface area contributed by atoms with Crippen molar-refractivity contribution in [3.8, 4) is 0 Å². The van der Waals surface area contributed by atoms with E-state index in [1.165, 1.54) is 4.90 Å². The van der Waals surface area contributed by atoms with Gasteiger partial charge in [-0.2, -0.15) is 0 Å². The lowest BCUT2D eigenvalue weighted by atomic mass is 10.4. The van der Waals surface area contributed by atoms with Gasteiger partial charge in [-0.05, 0) is 14.0 Å². The molecule has 1 rings (SSSR count). The normalized spacial score (nSPS) is 15.0. The van der Waals surface area contributed by atoms with Crippen molar-refractivity contribution in [2.45, 2.75) is 6.92 Å². The summed E-state index contributed by atoms with van der Waals surface area (Å²) in [6.07, 6.45) is 0. The molecule has 1 aliphatic rings. The number of hydrogen-bond donors (Lipinski definition) is 1. The zero-order chi connectivity index (χ0) is 12.8. The van der Waals surface area contributed by atoms with Gasteiger partial charge in [0.1, 0.15) is 0 Å². The topological polar surface area (TPSA) is 79.0 Å². The van der Waals surface area contributed by atoms with E-state index in [0.717, 1.165) is 4.90 Å². The van der Waals surface area contributed by atoms with Crippen LogP contribution in [0.3, 0.4) is 0 Å². The van der Waals surface area contributed by atoms with Crippen LogP contribution in [0, 0.1) is 0 Å². The number of ether oxygens (including phenoxy) is 1. The number of nitrogens with one attached hydrogen (secondary N) is 1. The highest BCUT2D eigenvalue weighted by molar-refractivity contribution is 5.96. The molecule has 1 N–H and O–H groups in total. The van der Waals surface area contributed by atoms with E-state index in [1.54, 1.807) is 14.0 Å². The second-order valence-corrected chi connectivity index (χ2v) is 3.75. The van der Waals surface area contributed by atoms with E-state index >= 15 is 0 Å². The predicted molar refractivity (Wildman–Crippen MR) is 59.2 cm³/mol. The van der Waals surface area contributed by atoms with Crippen LogP contribution in [-0.2, 0) is 14.3 Å². The summed E-state index contributed by atoms with van der Waals surface area (Å²) in [5.74, 6) is -0.694. The summed E-state index contributed by atoms with van der Waals surface area (Å²) in [4.78, 5) is 36.7. The van der Waals surface area contributed by atoms with Gasteiger partial charge in [0.15, 0.2) is 0 Å². The molecular weight excluding hydrogens is 226 g/mol. The lowest BCUT2D eigenvalue weighted by molar-refractivity contribution is -0.144. The molecule has 3 amide bonds. The van der Waals surface area contributed by atoms with Crippen molar-refractivity contribution in [3.63, 3.8) is 0 Å². The van der Waals surface area contributed by atoms with E-state index in [-0.39, 0.29) is 31.0 Å². The Bertz CT molecular complexity index is 319. The highest BCUT2D eigenvalue weighted by Gasteiger charge is 2.26. The molecule has 0 unspecified atom stereocenters. The maximum atomic E-state index is 11.7. The molecule has 7 heteroatoms. The van der Waals surface area contributed by atoms with Crippen molar-refractivity contribution in [2.24, 2.45) is 0 Å². The maximum absolute atomic E-state index is 11.7. The molecule has 0 aliphatic carbocycles. The molecule has 0 atom stereocenters. The third-order valence-electron chi connectivity index (χ3n) is 2.27. The number of carbonyl (C=O) groups is 3. The maximum Gasteiger partial charge on any atom is 0.324 e. The van der Waals surface area contributed by atoms with Crippen molar-refractivity contribution >= 4 is 17.9 Å². The van der Waals surface area contributed by atoms with Gasteiger partial charge in [-0.15, -0.1) is 0 Å². The average Bonchev–Trinajstić information content (AvgIpc) is 2.64. The first-order valence-electron chi connectivity index (χ1n) is 5.47. The molecule has 0 spiro atoms. The van der Waals surface area contributed by atoms with Crippen LogP contribution in [0.2, 0.25) is 0 Å². The first kappa shape index (κ1) is 13.4. The number of nitrogens with zero attached hydrogens (tertiary/aromatic N) is 2. The molecule has 0 radical (unpaired) electrons. The molecule has 0 aromatic heterocycles. The Kier molecular flexibility index (Phi) is 4.89. The molecule has 0 saturated carbocycles. The van der Waals surface area contributed by atoms with Gasteiger partial charge >= 0.3 is 12.0 Å². The van der Waals surface area contributed by atoms with Crippen molar-refractivity contribution in [1.82, 2.24) is 15.1 Å². The molecule has 1 fully saturated rings. The minimum absolute atomic E-state index is 0.0201. The van der Waals surface area contributed by atoms with E-state index in [4.69, 9.17) is 4.74 Å². The molecule has 96 valence electrons. The minimum atomic E-state index is -0.381. The monoisotopic (exact) mass is 243 g/mol. The van der Waals surface area contributed by atoms with Crippen molar-refractivity contribution < 1.29 is 19.1 Å². The Balaban J connectivity index is 2.35. The Morgan fingerprint density at radius 2 is 2.18 bits per heavy atom. The summed E-state index contributed by atoms with van der Waals surface area (Å²) in [7, 11) is 1.63. The molecule has 0 aromatic carbocycles. The van der Waals surface area contributed by atoms with E-state index < -0.39 is 0 Å². The lowest BCUT2D eigenvalue weighted by Crippen LogP contribution is -2.42. The van der Waals surface area contributed by atoms with E-state index in [1.807, 2.05) is 0 Å². The number of urea groups is 1. The van der Waals surface area contributed by atoms with Crippen molar-refractivity contribution in [3.05, 3.63) is 0 Å². The molecule has 0 aromatic rings. The van der Waals surface area contributed by atoms with Crippen molar-refractivity contribution in [2.75, 3.05) is 39.8 Å². The van der Waals surface area contributed by atoms with Crippen LogP contribution < -0.4 is 5.32 Å². The van der Waals surface area contributed by atoms with Crippen LogP contribution in [0.1, 0.15) is 6.92 Å². The van der Waals surface area contributed by atoms with Crippen LogP contribution in [-0.4, -0.2) is 67.5 Å². The number of likely N-dealkylation sites (N-methyl/N-ethyl adjacent to an activating group) is 1. The molecular formula is C10H17N3O4. The Labute approximate surface area is 99.7 Å². The standard InChI is InChI=1S/C10H17N3O4/c1-3-17-9(15)7-12(2)6-8(14)13-5-4-11-10(13)16/h3-7H2,1-2H3,(H,11,16). The van der Waals surface area contributed by atoms with E-state index in [2.05, 4.69) is 5.32 Å². The predicted octanol–water partition coefficient (Wildman–Crippen LogP) is -0.967. The van der Waals surface area contributed by atoms with Crippen molar-refractivity contribution in [1.29, 1.82) is 0 Å². The highest BCUT2D eigenvalue weighted by atomic mass is 16.5. The lowest BCUT2D eigenvalue weighted by Gasteiger charge is -2.18. The number of imide groups is 1. The summed E-state index contributed by atoms with van der Waals surface area (Å²) in [6.45, 7) is 2.95. The van der Waals surface area contributed by atoms with Gasteiger partial charge in [-0.25, -0.2) is 4.79 Å².